The number of esters is 1. The summed E-state index contributed by atoms with van der Waals surface area (Å²) < 4.78 is 10.1. The van der Waals surface area contributed by atoms with E-state index in [0.29, 0.717) is 17.5 Å². The normalized spacial score (nSPS) is 19.8. The molecule has 1 unspecified atom stereocenters. The fourth-order valence-electron chi connectivity index (χ4n) is 5.42. The van der Waals surface area contributed by atoms with Gasteiger partial charge in [0.2, 0.25) is 11.8 Å². The zero-order chi connectivity index (χ0) is 36.6. The third-order valence-corrected chi connectivity index (χ3v) is 11.5. The van der Waals surface area contributed by atoms with Gasteiger partial charge in [-0.2, -0.15) is 0 Å². The van der Waals surface area contributed by atoms with E-state index in [9.17, 15) is 14.4 Å². The Morgan fingerprint density at radius 2 is 1.53 bits per heavy atom. The van der Waals surface area contributed by atoms with Crippen LogP contribution in [0.3, 0.4) is 0 Å². The van der Waals surface area contributed by atoms with E-state index >= 15 is 0 Å². The first-order valence-corrected chi connectivity index (χ1v) is 21.6. The van der Waals surface area contributed by atoms with Crippen molar-refractivity contribution in [3.05, 3.63) is 118 Å². The molecule has 0 bridgehead atoms. The molecule has 2 amide bonds. The molecule has 0 aliphatic carbocycles. The van der Waals surface area contributed by atoms with Gasteiger partial charge in [0, 0.05) is 29.4 Å². The summed E-state index contributed by atoms with van der Waals surface area (Å²) >= 11 is 0. The van der Waals surface area contributed by atoms with Crippen LogP contribution < -0.4 is 10.6 Å². The molecule has 0 radical (unpaired) electrons. The largest absolute Gasteiger partial charge is 0.464 e. The highest BCUT2D eigenvalue weighted by molar-refractivity contribution is 8.03. The lowest BCUT2D eigenvalue weighted by molar-refractivity contribution is -0.167. The van der Waals surface area contributed by atoms with Crippen LogP contribution in [0, 0.1) is 0 Å². The van der Waals surface area contributed by atoms with Crippen LogP contribution in [0.5, 0.6) is 0 Å². The van der Waals surface area contributed by atoms with Gasteiger partial charge in [-0.1, -0.05) is 116 Å². The van der Waals surface area contributed by atoms with E-state index in [0.717, 1.165) is 22.7 Å². The number of carbonyl (C=O) groups is 3. The quantitative estimate of drug-likeness (QED) is 0.0310. The topological polar surface area (TPSA) is 180 Å². The van der Waals surface area contributed by atoms with E-state index in [-0.39, 0.29) is 12.2 Å². The minimum atomic E-state index is -1.43. The Morgan fingerprint density at radius 3 is 2.02 bits per heavy atom. The van der Waals surface area contributed by atoms with E-state index in [1.165, 1.54) is 0 Å². The summed E-state index contributed by atoms with van der Waals surface area (Å²) in [7, 11) is -2.59. The second kappa shape index (κ2) is 15.9. The average Bonchev–Trinajstić information content (AvgIpc) is 3.49. The number of nitrogens with one attached hydrogen (secondary N) is 2. The van der Waals surface area contributed by atoms with Gasteiger partial charge in [0.1, 0.15) is 17.7 Å². The number of hydrogen-bond donors (Lipinski definition) is 2. The van der Waals surface area contributed by atoms with E-state index in [2.05, 4.69) is 44.8 Å². The van der Waals surface area contributed by atoms with Crippen LogP contribution in [0.1, 0.15) is 37.0 Å². The number of ether oxygens (including phenoxy) is 1. The number of aliphatic imine (C=N–C) groups is 2. The third-order valence-electron chi connectivity index (χ3n) is 8.28. The maximum absolute atomic E-state index is 13.2. The maximum Gasteiger partial charge on any atom is 0.340 e. The maximum atomic E-state index is 13.2. The first kappa shape index (κ1) is 37.3. The molecular formula is C36H42N8O5SSi. The van der Waals surface area contributed by atoms with Crippen molar-refractivity contribution >= 4 is 47.4 Å². The average molecular weight is 727 g/mol. The molecule has 2 aliphatic heterocycles. The Balaban J connectivity index is 1.56. The highest BCUT2D eigenvalue weighted by atomic mass is 32.2. The molecule has 3 aromatic carbocycles. The van der Waals surface area contributed by atoms with Crippen LogP contribution in [-0.4, -0.2) is 66.9 Å². The van der Waals surface area contributed by atoms with E-state index in [4.69, 9.17) is 25.1 Å². The fourth-order valence-corrected chi connectivity index (χ4v) is 7.61. The van der Waals surface area contributed by atoms with E-state index < -0.39 is 59.9 Å². The Labute approximate surface area is 300 Å². The van der Waals surface area contributed by atoms with Gasteiger partial charge in [0.15, 0.2) is 10.8 Å². The molecule has 0 saturated carbocycles. The molecule has 1 saturated heterocycles. The van der Waals surface area contributed by atoms with Gasteiger partial charge in [0.25, 0.3) is 0 Å². The smallest absolute Gasteiger partial charge is 0.340 e. The Kier molecular flexibility index (Phi) is 11.7. The molecule has 2 heterocycles. The van der Waals surface area contributed by atoms with Crippen LogP contribution in [0.15, 0.2) is 111 Å². The molecule has 0 spiro atoms. The van der Waals surface area contributed by atoms with Crippen molar-refractivity contribution < 1.29 is 24.0 Å². The number of rotatable bonds is 14. The van der Waals surface area contributed by atoms with Crippen molar-refractivity contribution in [1.82, 2.24) is 10.6 Å². The fraction of sp³-hybridized carbons (Fsp3) is 0.361. The SMILES string of the molecule is CC(C)(ON=S1CC(CC(=O)N[C@@H]2C(=O)N[C@@H]2N=[N+]=[N-])=NC1=NC(c1ccccc1)(c1ccccc1)c1ccccc1)C(=O)OCC[Si](C)(C)C. The lowest BCUT2D eigenvalue weighted by atomic mass is 9.77. The van der Waals surface area contributed by atoms with Crippen molar-refractivity contribution in [3.63, 3.8) is 0 Å². The van der Waals surface area contributed by atoms with Gasteiger partial charge in [-0.15, -0.1) is 4.53 Å². The lowest BCUT2D eigenvalue weighted by Gasteiger charge is -2.33. The molecule has 0 aromatic heterocycles. The monoisotopic (exact) mass is 726 g/mol. The van der Waals surface area contributed by atoms with Crippen molar-refractivity contribution in [1.29, 1.82) is 0 Å². The van der Waals surface area contributed by atoms with Gasteiger partial charge in [-0.3, -0.25) is 9.59 Å². The van der Waals surface area contributed by atoms with Crippen LogP contribution >= 0.6 is 0 Å². The first-order valence-electron chi connectivity index (χ1n) is 16.6. The molecule has 5 rings (SSSR count). The second-order valence-electron chi connectivity index (χ2n) is 13.9. The molecular weight excluding hydrogens is 685 g/mol. The van der Waals surface area contributed by atoms with Gasteiger partial charge in [-0.05, 0) is 42.1 Å². The summed E-state index contributed by atoms with van der Waals surface area (Å²) in [6.07, 6.45) is -1.04. The molecule has 2 aliphatic rings. The summed E-state index contributed by atoms with van der Waals surface area (Å²) in [5, 5.41) is 8.91. The van der Waals surface area contributed by atoms with Crippen LogP contribution in [0.2, 0.25) is 25.7 Å². The molecule has 3 aromatic rings. The standard InChI is InChI=1S/C36H42N8O5SSi/c1-35(2,33(47)48-21-22-51(3,4)5)49-44-50-24-28(23-29(45)39-30-31(42-43-37)40-32(30)46)38-34(50)41-36(25-15-9-6-10-16-25,26-17-11-7-12-18-26)27-19-13-8-14-20-27/h6-20,30-31H,21-24H2,1-5H3,(H,39,45)(H,40,46)/t30-,31+,50?/m0/s1. The number of benzene rings is 3. The number of azide groups is 1. The molecule has 266 valence electrons. The Hall–Kier alpha value is -4.95. The van der Waals surface area contributed by atoms with Crippen LogP contribution in [0.4, 0.5) is 0 Å². The van der Waals surface area contributed by atoms with Gasteiger partial charge >= 0.3 is 5.97 Å². The van der Waals surface area contributed by atoms with E-state index in [1.54, 1.807) is 13.8 Å². The number of carbonyl (C=O) groups excluding carboxylic acids is 3. The first-order chi connectivity index (χ1) is 24.3. The molecule has 3 atom stereocenters. The molecule has 15 heteroatoms. The minimum Gasteiger partial charge on any atom is -0.464 e. The summed E-state index contributed by atoms with van der Waals surface area (Å²) in [5.41, 5.74) is 9.43. The number of nitrogens with zero attached hydrogens (tertiary/aromatic N) is 6. The highest BCUT2D eigenvalue weighted by Crippen LogP contribution is 2.41. The van der Waals surface area contributed by atoms with Crippen LogP contribution in [-0.2, 0) is 40.2 Å². The second-order valence-corrected chi connectivity index (χ2v) is 21.0. The van der Waals surface area contributed by atoms with E-state index in [1.807, 2.05) is 91.0 Å². The van der Waals surface area contributed by atoms with Crippen molar-refractivity contribution in [3.8, 4) is 0 Å². The van der Waals surface area contributed by atoms with Crippen molar-refractivity contribution in [2.45, 2.75) is 69.3 Å². The van der Waals surface area contributed by atoms with Crippen LogP contribution in [0.25, 0.3) is 10.4 Å². The lowest BCUT2D eigenvalue weighted by Crippen LogP contribution is -2.68. The number of β-lactam (4-membered cyclic amide) rings is 1. The van der Waals surface area contributed by atoms with Gasteiger partial charge in [0.05, 0.1) is 18.8 Å². The molecule has 51 heavy (non-hydrogen) atoms. The Morgan fingerprint density at radius 1 is 0.980 bits per heavy atom. The predicted molar refractivity (Wildman–Crippen MR) is 201 cm³/mol. The summed E-state index contributed by atoms with van der Waals surface area (Å²) in [6.45, 7) is 10.1. The zero-order valence-corrected chi connectivity index (χ0v) is 31.1. The Bertz CT molecular complexity index is 1800. The van der Waals surface area contributed by atoms with Crippen molar-refractivity contribution in [2.75, 3.05) is 12.4 Å². The van der Waals surface area contributed by atoms with Crippen molar-refractivity contribution in [2.24, 2.45) is 19.6 Å². The molecule has 13 nitrogen and oxygen atoms in total. The summed E-state index contributed by atoms with van der Waals surface area (Å²) in [6, 6.07) is 29.4. The van der Waals surface area contributed by atoms with Gasteiger partial charge < -0.3 is 15.4 Å². The number of amides is 2. The summed E-state index contributed by atoms with van der Waals surface area (Å²) in [5.74, 6) is -1.27. The number of hydrogen-bond acceptors (Lipinski definition) is 8. The third kappa shape index (κ3) is 9.05. The zero-order valence-electron chi connectivity index (χ0n) is 29.3. The molecule has 2 N–H and O–H groups in total. The summed E-state index contributed by atoms with van der Waals surface area (Å²) in [4.78, 5) is 57.3. The number of amidine groups is 1. The van der Waals surface area contributed by atoms with Gasteiger partial charge in [-0.25, -0.2) is 19.6 Å². The minimum absolute atomic E-state index is 0.165. The predicted octanol–water partition coefficient (Wildman–Crippen LogP) is 5.82. The molecule has 1 fully saturated rings. The highest BCUT2D eigenvalue weighted by Gasteiger charge is 2.41.